The maximum atomic E-state index is 11.8. The van der Waals surface area contributed by atoms with Crippen LogP contribution < -0.4 is 16.6 Å². The summed E-state index contributed by atoms with van der Waals surface area (Å²) in [6.45, 7) is 0.764. The molecule has 0 radical (unpaired) electrons. The summed E-state index contributed by atoms with van der Waals surface area (Å²) < 4.78 is 10.1. The molecule has 0 aliphatic heterocycles. The normalized spacial score (nSPS) is 11.9. The predicted molar refractivity (Wildman–Crippen MR) is 67.1 cm³/mol. The quantitative estimate of drug-likeness (QED) is 0.459. The summed E-state index contributed by atoms with van der Waals surface area (Å²) in [5.74, 6) is 4.97. The number of aromatic nitrogens is 1. The number of methoxy groups -OCH3 is 2. The van der Waals surface area contributed by atoms with E-state index in [2.05, 4.69) is 15.7 Å². The first-order valence-corrected chi connectivity index (χ1v) is 5.43. The van der Waals surface area contributed by atoms with Gasteiger partial charge in [-0.1, -0.05) is 0 Å². The Balaban J connectivity index is 2.53. The molecule has 1 aromatic rings. The fraction of sp³-hybridized carbons (Fsp3) is 0.455. The van der Waals surface area contributed by atoms with Gasteiger partial charge in [0.05, 0.1) is 18.4 Å². The lowest BCUT2D eigenvalue weighted by molar-refractivity contribution is 0.0285. The Hall–Kier alpha value is -1.70. The summed E-state index contributed by atoms with van der Waals surface area (Å²) >= 11 is 0. The summed E-state index contributed by atoms with van der Waals surface area (Å²) in [5.41, 5.74) is 3.36. The highest BCUT2D eigenvalue weighted by Crippen LogP contribution is 2.05. The van der Waals surface area contributed by atoms with Crippen LogP contribution in [0, 0.1) is 0 Å². The second kappa shape index (κ2) is 7.59. The van der Waals surface area contributed by atoms with Crippen molar-refractivity contribution < 1.29 is 14.3 Å². The molecule has 0 fully saturated rings. The predicted octanol–water partition coefficient (Wildman–Crippen LogP) is -0.242. The average molecular weight is 254 g/mol. The zero-order valence-corrected chi connectivity index (χ0v) is 10.5. The number of ether oxygens (including phenoxy) is 2. The first-order chi connectivity index (χ1) is 8.71. The van der Waals surface area contributed by atoms with Gasteiger partial charge in [0, 0.05) is 27.0 Å². The minimum absolute atomic E-state index is 0.185. The van der Waals surface area contributed by atoms with Crippen molar-refractivity contribution in [1.29, 1.82) is 0 Å². The van der Waals surface area contributed by atoms with Crippen LogP contribution in [0.15, 0.2) is 18.3 Å². The highest BCUT2D eigenvalue weighted by molar-refractivity contribution is 5.93. The van der Waals surface area contributed by atoms with Gasteiger partial charge in [0.1, 0.15) is 5.69 Å². The summed E-state index contributed by atoms with van der Waals surface area (Å²) in [5, 5.41) is 2.71. The fourth-order valence-electron chi connectivity index (χ4n) is 1.34. The van der Waals surface area contributed by atoms with Crippen LogP contribution in [-0.2, 0) is 9.47 Å². The summed E-state index contributed by atoms with van der Waals surface area (Å²) in [6.07, 6.45) is 1.32. The number of nitrogens with one attached hydrogen (secondary N) is 2. The highest BCUT2D eigenvalue weighted by atomic mass is 16.5. The van der Waals surface area contributed by atoms with Crippen LogP contribution in [0.5, 0.6) is 0 Å². The molecule has 0 bridgehead atoms. The van der Waals surface area contributed by atoms with Gasteiger partial charge in [0.25, 0.3) is 5.91 Å². The van der Waals surface area contributed by atoms with E-state index in [-0.39, 0.29) is 17.7 Å². The van der Waals surface area contributed by atoms with Crippen LogP contribution in [0.25, 0.3) is 0 Å². The molecular formula is C11H18N4O3. The van der Waals surface area contributed by atoms with E-state index in [1.165, 1.54) is 6.20 Å². The molecule has 7 nitrogen and oxygen atoms in total. The second-order valence-electron chi connectivity index (χ2n) is 3.60. The number of nitrogens with two attached hydrogens (primary N) is 1. The third-order valence-electron chi connectivity index (χ3n) is 2.34. The maximum Gasteiger partial charge on any atom is 0.270 e. The van der Waals surface area contributed by atoms with Gasteiger partial charge in [-0.2, -0.15) is 0 Å². The lowest BCUT2D eigenvalue weighted by atomic mass is 10.3. The lowest BCUT2D eigenvalue weighted by Crippen LogP contribution is -2.36. The molecule has 1 heterocycles. The topological polar surface area (TPSA) is 98.5 Å². The Labute approximate surface area is 106 Å². The summed E-state index contributed by atoms with van der Waals surface area (Å²) in [7, 11) is 3.14. The first kappa shape index (κ1) is 14.4. The zero-order chi connectivity index (χ0) is 13.4. The van der Waals surface area contributed by atoms with Gasteiger partial charge in [-0.05, 0) is 12.1 Å². The molecule has 1 unspecified atom stereocenters. The van der Waals surface area contributed by atoms with Gasteiger partial charge in [0.15, 0.2) is 0 Å². The summed E-state index contributed by atoms with van der Waals surface area (Å²) in [4.78, 5) is 15.8. The number of nitrogen functional groups attached to an aromatic ring is 1. The number of carbonyl (C=O) groups is 1. The molecule has 18 heavy (non-hydrogen) atoms. The Kier molecular flexibility index (Phi) is 6.06. The Morgan fingerprint density at radius 3 is 2.94 bits per heavy atom. The molecule has 0 aliphatic carbocycles. The average Bonchev–Trinajstić information content (AvgIpc) is 2.43. The van der Waals surface area contributed by atoms with Gasteiger partial charge < -0.3 is 20.2 Å². The van der Waals surface area contributed by atoms with E-state index >= 15 is 0 Å². The van der Waals surface area contributed by atoms with E-state index in [4.69, 9.17) is 15.3 Å². The van der Waals surface area contributed by atoms with Gasteiger partial charge in [-0.15, -0.1) is 0 Å². The molecule has 0 aliphatic rings. The molecule has 0 spiro atoms. The number of hydrogen-bond acceptors (Lipinski definition) is 6. The van der Waals surface area contributed by atoms with Crippen molar-refractivity contribution in [3.63, 3.8) is 0 Å². The molecule has 4 N–H and O–H groups in total. The molecule has 1 aromatic heterocycles. The fourth-order valence-corrected chi connectivity index (χ4v) is 1.34. The third-order valence-corrected chi connectivity index (χ3v) is 2.34. The van der Waals surface area contributed by atoms with Gasteiger partial charge >= 0.3 is 0 Å². The van der Waals surface area contributed by atoms with E-state index in [0.29, 0.717) is 18.8 Å². The van der Waals surface area contributed by atoms with Crippen LogP contribution in [-0.4, -0.2) is 44.4 Å². The van der Waals surface area contributed by atoms with E-state index in [1.807, 2.05) is 0 Å². The smallest absolute Gasteiger partial charge is 0.270 e. The number of hydrogen-bond donors (Lipinski definition) is 3. The second-order valence-corrected chi connectivity index (χ2v) is 3.60. The molecule has 1 rings (SSSR count). The molecule has 1 atom stereocenters. The van der Waals surface area contributed by atoms with E-state index in [1.54, 1.807) is 26.4 Å². The molecule has 100 valence electrons. The van der Waals surface area contributed by atoms with Crippen molar-refractivity contribution >= 4 is 11.6 Å². The van der Waals surface area contributed by atoms with Crippen molar-refractivity contribution in [1.82, 2.24) is 10.3 Å². The van der Waals surface area contributed by atoms with Gasteiger partial charge in [-0.3, -0.25) is 15.6 Å². The molecule has 0 aromatic carbocycles. The Morgan fingerprint density at radius 2 is 2.33 bits per heavy atom. The van der Waals surface area contributed by atoms with Crippen LogP contribution in [0.1, 0.15) is 10.5 Å². The van der Waals surface area contributed by atoms with Crippen LogP contribution >= 0.6 is 0 Å². The number of pyridine rings is 1. The Morgan fingerprint density at radius 1 is 1.56 bits per heavy atom. The number of carbonyl (C=O) groups excluding carboxylic acids is 1. The van der Waals surface area contributed by atoms with Crippen molar-refractivity contribution in [2.24, 2.45) is 5.84 Å². The third kappa shape index (κ3) is 4.28. The lowest BCUT2D eigenvalue weighted by Gasteiger charge is -2.14. The molecular weight excluding hydrogens is 236 g/mol. The highest BCUT2D eigenvalue weighted by Gasteiger charge is 2.11. The number of anilines is 1. The molecule has 0 saturated heterocycles. The molecule has 7 heteroatoms. The number of nitrogens with zero attached hydrogens (tertiary/aromatic N) is 1. The molecule has 1 amide bonds. The minimum atomic E-state index is -0.287. The van der Waals surface area contributed by atoms with Gasteiger partial charge in [0.2, 0.25) is 0 Å². The van der Waals surface area contributed by atoms with E-state index in [0.717, 1.165) is 0 Å². The minimum Gasteiger partial charge on any atom is -0.382 e. The van der Waals surface area contributed by atoms with Crippen molar-refractivity contribution in [2.75, 3.05) is 32.8 Å². The number of amides is 1. The van der Waals surface area contributed by atoms with Crippen LogP contribution in [0.2, 0.25) is 0 Å². The number of hydrazine groups is 1. The summed E-state index contributed by atoms with van der Waals surface area (Å²) in [6, 6.07) is 3.23. The van der Waals surface area contributed by atoms with Crippen LogP contribution in [0.4, 0.5) is 5.69 Å². The Bertz CT molecular complexity index is 386. The zero-order valence-electron chi connectivity index (χ0n) is 10.5. The maximum absolute atomic E-state index is 11.8. The monoisotopic (exact) mass is 254 g/mol. The standard InChI is InChI=1S/C11H18N4O3/c1-17-7-9(18-2)6-14-11(16)10-5-8(15-12)3-4-13-10/h3-5,9H,6-7,12H2,1-2H3,(H,13,15)(H,14,16). The van der Waals surface area contributed by atoms with Gasteiger partial charge in [-0.25, -0.2) is 0 Å². The van der Waals surface area contributed by atoms with Crippen molar-refractivity contribution in [2.45, 2.75) is 6.10 Å². The SMILES string of the molecule is COCC(CNC(=O)c1cc(NN)ccn1)OC. The largest absolute Gasteiger partial charge is 0.382 e. The van der Waals surface area contributed by atoms with E-state index < -0.39 is 0 Å². The number of rotatable bonds is 7. The first-order valence-electron chi connectivity index (χ1n) is 5.43. The van der Waals surface area contributed by atoms with E-state index in [9.17, 15) is 4.79 Å². The van der Waals surface area contributed by atoms with Crippen molar-refractivity contribution in [3.8, 4) is 0 Å². The van der Waals surface area contributed by atoms with Crippen molar-refractivity contribution in [3.05, 3.63) is 24.0 Å². The molecule has 0 saturated carbocycles. The van der Waals surface area contributed by atoms with Crippen LogP contribution in [0.3, 0.4) is 0 Å².